The van der Waals surface area contributed by atoms with E-state index in [9.17, 15) is 8.42 Å². The van der Waals surface area contributed by atoms with Crippen LogP contribution in [0.2, 0.25) is 0 Å². The number of nitrogens with one attached hydrogen (secondary N) is 2. The molecule has 2 N–H and O–H groups in total. The molecule has 2 unspecified atom stereocenters. The summed E-state index contributed by atoms with van der Waals surface area (Å²) in [7, 11) is -2.00. The van der Waals surface area contributed by atoms with Gasteiger partial charge in [-0.2, -0.15) is 0 Å². The van der Waals surface area contributed by atoms with Crippen LogP contribution in [0.5, 0.6) is 5.75 Å². The van der Waals surface area contributed by atoms with Crippen LogP contribution in [-0.4, -0.2) is 34.2 Å². The van der Waals surface area contributed by atoms with E-state index >= 15 is 0 Å². The van der Waals surface area contributed by atoms with Crippen molar-refractivity contribution in [3.63, 3.8) is 0 Å². The van der Waals surface area contributed by atoms with E-state index in [0.29, 0.717) is 11.8 Å². The Kier molecular flexibility index (Phi) is 6.93. The third kappa shape index (κ3) is 4.82. The molecule has 0 amide bonds. The predicted octanol–water partition coefficient (Wildman–Crippen LogP) is 2.30. The first-order chi connectivity index (χ1) is 9.42. The molecule has 2 atom stereocenters. The lowest BCUT2D eigenvalue weighted by atomic mass is 10.0. The smallest absolute Gasteiger partial charge is 0.240 e. The van der Waals surface area contributed by atoms with Crippen LogP contribution < -0.4 is 14.8 Å². The van der Waals surface area contributed by atoms with Gasteiger partial charge in [0.2, 0.25) is 10.0 Å². The van der Waals surface area contributed by atoms with Gasteiger partial charge in [0.1, 0.15) is 5.75 Å². The second kappa shape index (κ2) is 7.78. The molecule has 2 rings (SSSR count). The van der Waals surface area contributed by atoms with Crippen molar-refractivity contribution in [2.24, 2.45) is 0 Å². The molecule has 1 aliphatic rings. The van der Waals surface area contributed by atoms with E-state index < -0.39 is 10.0 Å². The van der Waals surface area contributed by atoms with E-state index in [1.807, 2.05) is 0 Å². The molecule has 0 radical (unpaired) electrons. The van der Waals surface area contributed by atoms with E-state index in [0.717, 1.165) is 23.9 Å². The molecular weight excluding hydrogens is 380 g/mol. The summed E-state index contributed by atoms with van der Waals surface area (Å²) in [5.41, 5.74) is 0. The van der Waals surface area contributed by atoms with Crippen molar-refractivity contribution in [2.45, 2.75) is 36.7 Å². The van der Waals surface area contributed by atoms with Crippen LogP contribution in [0, 0.1) is 0 Å². The van der Waals surface area contributed by atoms with Crippen molar-refractivity contribution < 1.29 is 13.2 Å². The fraction of sp³-hybridized carbons (Fsp3) is 0.538. The molecule has 0 bridgehead atoms. The second-order valence-electron chi connectivity index (χ2n) is 4.99. The number of hydrogen-bond donors (Lipinski definition) is 2. The molecule has 8 heteroatoms. The molecule has 120 valence electrons. The molecule has 0 aliphatic carbocycles. The van der Waals surface area contributed by atoms with Gasteiger partial charge in [-0.3, -0.25) is 0 Å². The number of benzene rings is 1. The lowest BCUT2D eigenvalue weighted by Crippen LogP contribution is -2.46. The van der Waals surface area contributed by atoms with Crippen LogP contribution in [0.3, 0.4) is 0 Å². The molecule has 1 aliphatic heterocycles. The number of sulfonamides is 1. The van der Waals surface area contributed by atoms with Gasteiger partial charge in [-0.25, -0.2) is 13.1 Å². The monoisotopic (exact) mass is 398 g/mol. The normalized spacial score (nSPS) is 22.4. The minimum absolute atomic E-state index is 0. The highest BCUT2D eigenvalue weighted by Crippen LogP contribution is 2.27. The molecule has 0 aromatic heterocycles. The maximum absolute atomic E-state index is 12.4. The Morgan fingerprint density at radius 3 is 2.76 bits per heavy atom. The SMILES string of the molecule is COc1cc(S(=O)(=O)NC2CCNC(C)C2)ccc1Br.Cl. The Morgan fingerprint density at radius 2 is 2.14 bits per heavy atom. The lowest BCUT2D eigenvalue weighted by molar-refractivity contribution is 0.361. The molecule has 1 fully saturated rings. The molecule has 1 saturated heterocycles. The predicted molar refractivity (Wildman–Crippen MR) is 88.8 cm³/mol. The summed E-state index contributed by atoms with van der Waals surface area (Å²) in [5.74, 6) is 0.506. The summed E-state index contributed by atoms with van der Waals surface area (Å²) in [6, 6.07) is 5.08. The Balaban J connectivity index is 0.00000220. The topological polar surface area (TPSA) is 67.4 Å². The number of halogens is 2. The zero-order valence-corrected chi connectivity index (χ0v) is 15.1. The Labute approximate surface area is 140 Å². The lowest BCUT2D eigenvalue weighted by Gasteiger charge is -2.28. The van der Waals surface area contributed by atoms with Crippen molar-refractivity contribution in [2.75, 3.05) is 13.7 Å². The van der Waals surface area contributed by atoms with Crippen LogP contribution in [-0.2, 0) is 10.0 Å². The summed E-state index contributed by atoms with van der Waals surface area (Å²) >= 11 is 3.32. The zero-order valence-electron chi connectivity index (χ0n) is 11.9. The Morgan fingerprint density at radius 1 is 1.43 bits per heavy atom. The molecule has 5 nitrogen and oxygen atoms in total. The highest BCUT2D eigenvalue weighted by Gasteiger charge is 2.24. The number of rotatable bonds is 4. The first-order valence-electron chi connectivity index (χ1n) is 6.51. The van der Waals surface area contributed by atoms with Gasteiger partial charge in [-0.1, -0.05) is 0 Å². The van der Waals surface area contributed by atoms with Gasteiger partial charge >= 0.3 is 0 Å². The van der Waals surface area contributed by atoms with Gasteiger partial charge in [0, 0.05) is 18.2 Å². The Hall–Kier alpha value is -0.340. The average molecular weight is 400 g/mol. The van der Waals surface area contributed by atoms with E-state index in [1.165, 1.54) is 13.2 Å². The third-order valence-corrected chi connectivity index (χ3v) is 5.55. The summed E-state index contributed by atoms with van der Waals surface area (Å²) in [5, 5.41) is 3.30. The van der Waals surface area contributed by atoms with Crippen molar-refractivity contribution in [3.8, 4) is 5.75 Å². The largest absolute Gasteiger partial charge is 0.496 e. The highest BCUT2D eigenvalue weighted by molar-refractivity contribution is 9.10. The van der Waals surface area contributed by atoms with Crippen molar-refractivity contribution in [1.29, 1.82) is 0 Å². The fourth-order valence-electron chi connectivity index (χ4n) is 2.33. The minimum atomic E-state index is -3.51. The van der Waals surface area contributed by atoms with Gasteiger partial charge in [0.05, 0.1) is 16.5 Å². The van der Waals surface area contributed by atoms with Crippen LogP contribution in [0.15, 0.2) is 27.6 Å². The number of methoxy groups -OCH3 is 1. The summed E-state index contributed by atoms with van der Waals surface area (Å²) in [4.78, 5) is 0.226. The van der Waals surface area contributed by atoms with E-state index in [4.69, 9.17) is 4.74 Å². The van der Waals surface area contributed by atoms with Gasteiger partial charge < -0.3 is 10.1 Å². The number of ether oxygens (including phenoxy) is 1. The summed E-state index contributed by atoms with van der Waals surface area (Å²) < 4.78 is 33.4. The molecule has 0 saturated carbocycles. The van der Waals surface area contributed by atoms with Crippen LogP contribution in [0.4, 0.5) is 0 Å². The van der Waals surface area contributed by atoms with Gasteiger partial charge in [0.15, 0.2) is 0 Å². The fourth-order valence-corrected chi connectivity index (χ4v) is 4.04. The molecular formula is C13H20BrClN2O3S. The molecule has 1 aromatic rings. The highest BCUT2D eigenvalue weighted by atomic mass is 79.9. The van der Waals surface area contributed by atoms with E-state index in [-0.39, 0.29) is 23.3 Å². The standard InChI is InChI=1S/C13H19BrN2O3S.ClH/c1-9-7-10(5-6-15-9)16-20(17,18)11-3-4-12(14)13(8-11)19-2;/h3-4,8-10,15-16H,5-7H2,1-2H3;1H. The average Bonchev–Trinajstić information content (AvgIpc) is 2.38. The van der Waals surface area contributed by atoms with E-state index in [2.05, 4.69) is 32.9 Å². The molecule has 1 heterocycles. The number of piperidine rings is 1. The Bertz CT molecular complexity index is 583. The van der Waals surface area contributed by atoms with Gasteiger partial charge in [-0.05, 0) is 54.4 Å². The third-order valence-electron chi connectivity index (χ3n) is 3.38. The minimum Gasteiger partial charge on any atom is -0.496 e. The van der Waals surface area contributed by atoms with Crippen molar-refractivity contribution >= 4 is 38.4 Å². The second-order valence-corrected chi connectivity index (χ2v) is 7.56. The van der Waals surface area contributed by atoms with Crippen LogP contribution in [0.1, 0.15) is 19.8 Å². The number of hydrogen-bond acceptors (Lipinski definition) is 4. The van der Waals surface area contributed by atoms with Gasteiger partial charge in [-0.15, -0.1) is 12.4 Å². The zero-order chi connectivity index (χ0) is 14.8. The maximum Gasteiger partial charge on any atom is 0.240 e. The summed E-state index contributed by atoms with van der Waals surface area (Å²) in [6.45, 7) is 2.89. The maximum atomic E-state index is 12.4. The van der Waals surface area contributed by atoms with Gasteiger partial charge in [0.25, 0.3) is 0 Å². The quantitative estimate of drug-likeness (QED) is 0.815. The van der Waals surface area contributed by atoms with Crippen LogP contribution >= 0.6 is 28.3 Å². The molecule has 1 aromatic carbocycles. The van der Waals surface area contributed by atoms with Crippen molar-refractivity contribution in [1.82, 2.24) is 10.0 Å². The first kappa shape index (κ1) is 18.7. The molecule has 0 spiro atoms. The first-order valence-corrected chi connectivity index (χ1v) is 8.79. The molecule has 21 heavy (non-hydrogen) atoms. The summed E-state index contributed by atoms with van der Waals surface area (Å²) in [6.07, 6.45) is 1.60. The van der Waals surface area contributed by atoms with Crippen LogP contribution in [0.25, 0.3) is 0 Å². The van der Waals surface area contributed by atoms with Crippen molar-refractivity contribution in [3.05, 3.63) is 22.7 Å². The van der Waals surface area contributed by atoms with E-state index in [1.54, 1.807) is 12.1 Å².